The van der Waals surface area contributed by atoms with E-state index in [4.69, 9.17) is 0 Å². The van der Waals surface area contributed by atoms with Crippen LogP contribution in [-0.4, -0.2) is 29.8 Å². The first-order chi connectivity index (χ1) is 9.82. The third kappa shape index (κ3) is 3.43. The third-order valence-corrected chi connectivity index (χ3v) is 3.96. The zero-order valence-electron chi connectivity index (χ0n) is 13.3. The minimum absolute atomic E-state index is 0.0369. The fourth-order valence-electron chi connectivity index (χ4n) is 2.73. The van der Waals surface area contributed by atoms with Crippen LogP contribution < -0.4 is 5.32 Å². The molecule has 0 spiro atoms. The standard InChI is InChI=1S/C17H24N2O2/c1-5-19-11-12(10-15(19)20)16(21)18-14-9-7-6-8-13(14)17(2,3)4/h6-9,12H,5,10-11H2,1-4H3,(H,18,21). The van der Waals surface area contributed by atoms with Gasteiger partial charge in [-0.25, -0.2) is 0 Å². The highest BCUT2D eigenvalue weighted by molar-refractivity contribution is 5.97. The Balaban J connectivity index is 2.13. The van der Waals surface area contributed by atoms with Gasteiger partial charge in [0.25, 0.3) is 0 Å². The van der Waals surface area contributed by atoms with E-state index in [1.54, 1.807) is 4.90 Å². The molecule has 1 aromatic carbocycles. The monoisotopic (exact) mass is 288 g/mol. The van der Waals surface area contributed by atoms with Gasteiger partial charge in [0.15, 0.2) is 0 Å². The molecule has 1 saturated heterocycles. The molecule has 1 atom stereocenters. The Labute approximate surface area is 126 Å². The number of rotatable bonds is 3. The van der Waals surface area contributed by atoms with Gasteiger partial charge in [-0.2, -0.15) is 0 Å². The maximum absolute atomic E-state index is 12.4. The first kappa shape index (κ1) is 15.5. The van der Waals surface area contributed by atoms with Crippen LogP contribution in [0.25, 0.3) is 0 Å². The molecular formula is C17H24N2O2. The third-order valence-electron chi connectivity index (χ3n) is 3.96. The molecule has 1 aromatic rings. The number of nitrogens with one attached hydrogen (secondary N) is 1. The van der Waals surface area contributed by atoms with Crippen LogP contribution in [-0.2, 0) is 15.0 Å². The van der Waals surface area contributed by atoms with Crippen LogP contribution in [0.15, 0.2) is 24.3 Å². The van der Waals surface area contributed by atoms with Crippen molar-refractivity contribution in [2.45, 2.75) is 39.5 Å². The van der Waals surface area contributed by atoms with E-state index in [1.807, 2.05) is 31.2 Å². The summed E-state index contributed by atoms with van der Waals surface area (Å²) in [5.41, 5.74) is 1.91. The predicted octanol–water partition coefficient (Wildman–Crippen LogP) is 2.79. The van der Waals surface area contributed by atoms with Gasteiger partial charge in [0.05, 0.1) is 5.92 Å². The number of carbonyl (C=O) groups excluding carboxylic acids is 2. The topological polar surface area (TPSA) is 49.4 Å². The van der Waals surface area contributed by atoms with Crippen molar-refractivity contribution >= 4 is 17.5 Å². The van der Waals surface area contributed by atoms with Gasteiger partial charge in [0.2, 0.25) is 11.8 Å². The lowest BCUT2D eigenvalue weighted by Crippen LogP contribution is -2.28. The van der Waals surface area contributed by atoms with E-state index in [-0.39, 0.29) is 23.1 Å². The van der Waals surface area contributed by atoms with Gasteiger partial charge in [0, 0.05) is 25.2 Å². The molecular weight excluding hydrogens is 264 g/mol. The van der Waals surface area contributed by atoms with Gasteiger partial charge in [-0.05, 0) is 24.0 Å². The smallest absolute Gasteiger partial charge is 0.229 e. The van der Waals surface area contributed by atoms with Crippen LogP contribution >= 0.6 is 0 Å². The number of likely N-dealkylation sites (tertiary alicyclic amines) is 1. The molecule has 1 unspecified atom stereocenters. The molecule has 1 aliphatic heterocycles. The van der Waals surface area contributed by atoms with E-state index in [9.17, 15) is 9.59 Å². The molecule has 4 heteroatoms. The Morgan fingerprint density at radius 1 is 1.33 bits per heavy atom. The Morgan fingerprint density at radius 2 is 2.00 bits per heavy atom. The molecule has 0 saturated carbocycles. The van der Waals surface area contributed by atoms with Crippen molar-refractivity contribution in [3.8, 4) is 0 Å². The molecule has 1 aliphatic rings. The van der Waals surface area contributed by atoms with E-state index >= 15 is 0 Å². The van der Waals surface area contributed by atoms with Crippen molar-refractivity contribution in [1.29, 1.82) is 0 Å². The Kier molecular flexibility index (Phi) is 4.35. The average Bonchev–Trinajstić information content (AvgIpc) is 2.79. The number of hydrogen-bond donors (Lipinski definition) is 1. The van der Waals surface area contributed by atoms with Gasteiger partial charge >= 0.3 is 0 Å². The highest BCUT2D eigenvalue weighted by atomic mass is 16.2. The molecule has 0 aromatic heterocycles. The summed E-state index contributed by atoms with van der Waals surface area (Å²) in [5.74, 6) is -0.233. The number of anilines is 1. The lowest BCUT2D eigenvalue weighted by atomic mass is 9.85. The summed E-state index contributed by atoms with van der Waals surface area (Å²) in [6, 6.07) is 7.86. The van der Waals surface area contributed by atoms with Crippen LogP contribution in [0.4, 0.5) is 5.69 Å². The van der Waals surface area contributed by atoms with Crippen molar-refractivity contribution in [3.63, 3.8) is 0 Å². The number of carbonyl (C=O) groups is 2. The first-order valence-corrected chi connectivity index (χ1v) is 7.51. The van der Waals surface area contributed by atoms with Gasteiger partial charge in [0.1, 0.15) is 0 Å². The number of amides is 2. The second-order valence-electron chi connectivity index (χ2n) is 6.62. The second-order valence-corrected chi connectivity index (χ2v) is 6.62. The fraction of sp³-hybridized carbons (Fsp3) is 0.529. The Bertz CT molecular complexity index is 546. The van der Waals surface area contributed by atoms with Gasteiger partial charge in [-0.15, -0.1) is 0 Å². The summed E-state index contributed by atoms with van der Waals surface area (Å²) in [4.78, 5) is 25.9. The molecule has 2 rings (SSSR count). The molecule has 21 heavy (non-hydrogen) atoms. The van der Waals surface area contributed by atoms with Crippen molar-refractivity contribution in [3.05, 3.63) is 29.8 Å². The molecule has 1 heterocycles. The summed E-state index contributed by atoms with van der Waals surface area (Å²) < 4.78 is 0. The van der Waals surface area contributed by atoms with E-state index < -0.39 is 0 Å². The second kappa shape index (κ2) is 5.88. The average molecular weight is 288 g/mol. The fourth-order valence-corrected chi connectivity index (χ4v) is 2.73. The normalized spacial score (nSPS) is 19.0. The maximum Gasteiger partial charge on any atom is 0.229 e. The molecule has 1 fully saturated rings. The quantitative estimate of drug-likeness (QED) is 0.929. The number of nitrogens with zero attached hydrogens (tertiary/aromatic N) is 1. The first-order valence-electron chi connectivity index (χ1n) is 7.51. The molecule has 0 aliphatic carbocycles. The van der Waals surface area contributed by atoms with Crippen molar-refractivity contribution in [2.75, 3.05) is 18.4 Å². The minimum Gasteiger partial charge on any atom is -0.342 e. The summed E-state index contributed by atoms with van der Waals surface area (Å²) in [6.45, 7) is 9.49. The van der Waals surface area contributed by atoms with Gasteiger partial charge < -0.3 is 10.2 Å². The Hall–Kier alpha value is -1.84. The molecule has 2 amide bonds. The summed E-state index contributed by atoms with van der Waals surface area (Å²) in [6.07, 6.45) is 0.317. The molecule has 0 radical (unpaired) electrons. The summed E-state index contributed by atoms with van der Waals surface area (Å²) in [7, 11) is 0. The highest BCUT2D eigenvalue weighted by Crippen LogP contribution is 2.30. The largest absolute Gasteiger partial charge is 0.342 e. The maximum atomic E-state index is 12.4. The number of benzene rings is 1. The molecule has 4 nitrogen and oxygen atoms in total. The number of hydrogen-bond acceptors (Lipinski definition) is 2. The van der Waals surface area contributed by atoms with Gasteiger partial charge in [-0.3, -0.25) is 9.59 Å². The highest BCUT2D eigenvalue weighted by Gasteiger charge is 2.33. The summed E-state index contributed by atoms with van der Waals surface area (Å²) in [5, 5.41) is 3.01. The van der Waals surface area contributed by atoms with Gasteiger partial charge in [-0.1, -0.05) is 39.0 Å². The van der Waals surface area contributed by atoms with E-state index in [0.29, 0.717) is 19.5 Å². The lowest BCUT2D eigenvalue weighted by molar-refractivity contribution is -0.128. The van der Waals surface area contributed by atoms with Crippen LogP contribution in [0.5, 0.6) is 0 Å². The van der Waals surface area contributed by atoms with E-state index in [1.165, 1.54) is 0 Å². The number of para-hydroxylation sites is 1. The minimum atomic E-state index is -0.245. The van der Waals surface area contributed by atoms with Crippen LogP contribution in [0.1, 0.15) is 39.7 Å². The van der Waals surface area contributed by atoms with Crippen LogP contribution in [0, 0.1) is 5.92 Å². The Morgan fingerprint density at radius 3 is 2.57 bits per heavy atom. The zero-order valence-corrected chi connectivity index (χ0v) is 13.3. The zero-order chi connectivity index (χ0) is 15.6. The van der Waals surface area contributed by atoms with Crippen molar-refractivity contribution in [2.24, 2.45) is 5.92 Å². The molecule has 114 valence electrons. The summed E-state index contributed by atoms with van der Waals surface area (Å²) >= 11 is 0. The molecule has 1 N–H and O–H groups in total. The van der Waals surface area contributed by atoms with Crippen LogP contribution in [0.2, 0.25) is 0 Å². The van der Waals surface area contributed by atoms with E-state index in [0.717, 1.165) is 11.3 Å². The van der Waals surface area contributed by atoms with Crippen LogP contribution in [0.3, 0.4) is 0 Å². The molecule has 0 bridgehead atoms. The van der Waals surface area contributed by atoms with Crippen molar-refractivity contribution < 1.29 is 9.59 Å². The van der Waals surface area contributed by atoms with E-state index in [2.05, 4.69) is 26.1 Å². The lowest BCUT2D eigenvalue weighted by Gasteiger charge is -2.23. The predicted molar refractivity (Wildman–Crippen MR) is 84.1 cm³/mol. The van der Waals surface area contributed by atoms with Crippen molar-refractivity contribution in [1.82, 2.24) is 4.90 Å². The SMILES string of the molecule is CCN1CC(C(=O)Nc2ccccc2C(C)(C)C)CC1=O.